The highest BCUT2D eigenvalue weighted by molar-refractivity contribution is 5.84. The second-order valence-corrected chi connectivity index (χ2v) is 6.41. The average molecular weight is 256 g/mol. The lowest BCUT2D eigenvalue weighted by Gasteiger charge is -2.27. The number of rotatable bonds is 4. The molecule has 0 radical (unpaired) electrons. The van der Waals surface area contributed by atoms with E-state index in [4.69, 9.17) is 0 Å². The molecule has 2 nitrogen and oxygen atoms in total. The van der Waals surface area contributed by atoms with Crippen LogP contribution < -0.4 is 5.32 Å². The summed E-state index contributed by atoms with van der Waals surface area (Å²) >= 11 is 0. The molecule has 0 fully saturated rings. The summed E-state index contributed by atoms with van der Waals surface area (Å²) in [4.78, 5) is 4.17. The summed E-state index contributed by atoms with van der Waals surface area (Å²) < 4.78 is 0. The predicted octanol–water partition coefficient (Wildman–Crippen LogP) is 4.01. The summed E-state index contributed by atoms with van der Waals surface area (Å²) in [6, 6.07) is 8.51. The average Bonchev–Trinajstić information content (AvgIpc) is 2.38. The second kappa shape index (κ2) is 5.70. The molecule has 0 bridgehead atoms. The van der Waals surface area contributed by atoms with Gasteiger partial charge in [0.1, 0.15) is 0 Å². The molecule has 0 aliphatic heterocycles. The van der Waals surface area contributed by atoms with E-state index in [0.29, 0.717) is 11.3 Å². The van der Waals surface area contributed by atoms with E-state index in [1.54, 1.807) is 0 Å². The highest BCUT2D eigenvalue weighted by Crippen LogP contribution is 2.24. The monoisotopic (exact) mass is 256 g/mol. The third-order valence-electron chi connectivity index (χ3n) is 4.02. The van der Waals surface area contributed by atoms with E-state index >= 15 is 0 Å². The second-order valence-electron chi connectivity index (χ2n) is 6.41. The molecule has 2 heteroatoms. The number of nitrogens with zero attached hydrogens (tertiary/aromatic N) is 1. The van der Waals surface area contributed by atoms with Gasteiger partial charge in [-0.2, -0.15) is 0 Å². The Labute approximate surface area is 116 Å². The minimum absolute atomic E-state index is 0.357. The molecular formula is C17H24N2. The van der Waals surface area contributed by atoms with Crippen LogP contribution in [0, 0.1) is 11.3 Å². The summed E-state index contributed by atoms with van der Waals surface area (Å²) in [5.74, 6) is 0.657. The van der Waals surface area contributed by atoms with Crippen molar-refractivity contribution in [2.75, 3.05) is 6.54 Å². The van der Waals surface area contributed by atoms with E-state index in [-0.39, 0.29) is 0 Å². The molecule has 1 heterocycles. The fourth-order valence-corrected chi connectivity index (χ4v) is 2.07. The van der Waals surface area contributed by atoms with Gasteiger partial charge in [0.2, 0.25) is 0 Å². The molecule has 1 aromatic heterocycles. The first kappa shape index (κ1) is 14.0. The van der Waals surface area contributed by atoms with Gasteiger partial charge in [-0.05, 0) is 34.9 Å². The zero-order chi connectivity index (χ0) is 13.9. The van der Waals surface area contributed by atoms with Gasteiger partial charge >= 0.3 is 0 Å². The van der Waals surface area contributed by atoms with Crippen LogP contribution in [0.2, 0.25) is 0 Å². The van der Waals surface area contributed by atoms with Crippen molar-refractivity contribution < 1.29 is 0 Å². The summed E-state index contributed by atoms with van der Waals surface area (Å²) in [5, 5.41) is 6.09. The van der Waals surface area contributed by atoms with Crippen LogP contribution in [0.15, 0.2) is 36.7 Å². The van der Waals surface area contributed by atoms with Crippen LogP contribution in [-0.4, -0.2) is 11.5 Å². The number of fused-ring (bicyclic) bond motifs is 1. The molecule has 0 saturated carbocycles. The lowest BCUT2D eigenvalue weighted by Crippen LogP contribution is -2.29. The Bertz CT molecular complexity index is 535. The normalized spacial score (nSPS) is 13.7. The molecule has 0 spiro atoms. The van der Waals surface area contributed by atoms with Crippen molar-refractivity contribution in [3.05, 3.63) is 42.2 Å². The van der Waals surface area contributed by atoms with Crippen LogP contribution >= 0.6 is 0 Å². The Hall–Kier alpha value is -1.41. The summed E-state index contributed by atoms with van der Waals surface area (Å²) in [6.45, 7) is 11.2. The van der Waals surface area contributed by atoms with Crippen LogP contribution in [-0.2, 0) is 6.54 Å². The van der Waals surface area contributed by atoms with Crippen molar-refractivity contribution in [2.45, 2.75) is 34.2 Å². The van der Waals surface area contributed by atoms with Crippen molar-refractivity contribution in [2.24, 2.45) is 11.3 Å². The molecule has 0 aliphatic rings. The van der Waals surface area contributed by atoms with Gasteiger partial charge in [0, 0.05) is 24.3 Å². The number of aromatic nitrogens is 1. The van der Waals surface area contributed by atoms with Crippen molar-refractivity contribution in [1.29, 1.82) is 0 Å². The van der Waals surface area contributed by atoms with Crippen LogP contribution in [0.4, 0.5) is 0 Å². The smallest absolute Gasteiger partial charge is 0.0346 e. The van der Waals surface area contributed by atoms with E-state index in [2.05, 4.69) is 62.3 Å². The van der Waals surface area contributed by atoms with Gasteiger partial charge in [-0.15, -0.1) is 0 Å². The summed E-state index contributed by atoms with van der Waals surface area (Å²) in [6.07, 6.45) is 3.79. The molecule has 1 unspecified atom stereocenters. The van der Waals surface area contributed by atoms with E-state index in [9.17, 15) is 0 Å². The van der Waals surface area contributed by atoms with Crippen LogP contribution in [0.3, 0.4) is 0 Å². The Morgan fingerprint density at radius 3 is 2.74 bits per heavy atom. The molecule has 1 atom stereocenters. The Kier molecular flexibility index (Phi) is 4.20. The lowest BCUT2D eigenvalue weighted by molar-refractivity contribution is 0.252. The number of hydrogen-bond donors (Lipinski definition) is 1. The van der Waals surface area contributed by atoms with Gasteiger partial charge in [-0.1, -0.05) is 45.9 Å². The molecule has 102 valence electrons. The highest BCUT2D eigenvalue weighted by Gasteiger charge is 2.19. The maximum atomic E-state index is 4.17. The first-order chi connectivity index (χ1) is 8.98. The molecular weight excluding hydrogens is 232 g/mol. The van der Waals surface area contributed by atoms with Crippen molar-refractivity contribution >= 4 is 10.8 Å². The highest BCUT2D eigenvalue weighted by atomic mass is 14.9. The van der Waals surface area contributed by atoms with Gasteiger partial charge < -0.3 is 5.32 Å². The summed E-state index contributed by atoms with van der Waals surface area (Å²) in [5.41, 5.74) is 1.70. The lowest BCUT2D eigenvalue weighted by atomic mass is 9.82. The van der Waals surface area contributed by atoms with Crippen LogP contribution in [0.25, 0.3) is 10.8 Å². The van der Waals surface area contributed by atoms with E-state index in [1.165, 1.54) is 16.3 Å². The van der Waals surface area contributed by atoms with E-state index < -0.39 is 0 Å². The van der Waals surface area contributed by atoms with Crippen molar-refractivity contribution in [1.82, 2.24) is 10.3 Å². The van der Waals surface area contributed by atoms with E-state index in [0.717, 1.165) is 13.1 Å². The molecule has 0 amide bonds. The fraction of sp³-hybridized carbons (Fsp3) is 0.471. The Balaban J connectivity index is 2.03. The standard InChI is InChI=1S/C17H24N2/c1-13(17(2,3)4)10-19-12-15-7-5-6-14-11-18-9-8-16(14)15/h5-9,11,13,19H,10,12H2,1-4H3. The third-order valence-corrected chi connectivity index (χ3v) is 4.02. The quantitative estimate of drug-likeness (QED) is 0.894. The molecule has 1 aromatic carbocycles. The molecule has 2 aromatic rings. The Morgan fingerprint density at radius 1 is 1.21 bits per heavy atom. The zero-order valence-electron chi connectivity index (χ0n) is 12.4. The van der Waals surface area contributed by atoms with Gasteiger partial charge in [0.25, 0.3) is 0 Å². The SMILES string of the molecule is CC(CNCc1cccc2cnccc12)C(C)(C)C. The first-order valence-corrected chi connectivity index (χ1v) is 7.01. The first-order valence-electron chi connectivity index (χ1n) is 7.01. The van der Waals surface area contributed by atoms with Gasteiger partial charge in [0.05, 0.1) is 0 Å². The van der Waals surface area contributed by atoms with E-state index in [1.807, 2.05) is 12.4 Å². The number of benzene rings is 1. The zero-order valence-corrected chi connectivity index (χ0v) is 12.4. The Morgan fingerprint density at radius 2 is 2.00 bits per heavy atom. The minimum atomic E-state index is 0.357. The topological polar surface area (TPSA) is 24.9 Å². The molecule has 0 aliphatic carbocycles. The summed E-state index contributed by atoms with van der Waals surface area (Å²) in [7, 11) is 0. The maximum Gasteiger partial charge on any atom is 0.0346 e. The van der Waals surface area contributed by atoms with Crippen LogP contribution in [0.5, 0.6) is 0 Å². The molecule has 19 heavy (non-hydrogen) atoms. The van der Waals surface area contributed by atoms with Crippen molar-refractivity contribution in [3.63, 3.8) is 0 Å². The minimum Gasteiger partial charge on any atom is -0.312 e. The maximum absolute atomic E-state index is 4.17. The van der Waals surface area contributed by atoms with Gasteiger partial charge in [-0.25, -0.2) is 0 Å². The molecule has 1 N–H and O–H groups in total. The largest absolute Gasteiger partial charge is 0.312 e. The van der Waals surface area contributed by atoms with Crippen molar-refractivity contribution in [3.8, 4) is 0 Å². The predicted molar refractivity (Wildman–Crippen MR) is 82.1 cm³/mol. The van der Waals surface area contributed by atoms with Gasteiger partial charge in [0.15, 0.2) is 0 Å². The van der Waals surface area contributed by atoms with Crippen LogP contribution in [0.1, 0.15) is 33.3 Å². The molecule has 0 saturated heterocycles. The third kappa shape index (κ3) is 3.54. The number of nitrogens with one attached hydrogen (secondary N) is 1. The number of pyridine rings is 1. The number of hydrogen-bond acceptors (Lipinski definition) is 2. The molecule has 2 rings (SSSR count). The fourth-order valence-electron chi connectivity index (χ4n) is 2.07. The van der Waals surface area contributed by atoms with Gasteiger partial charge in [-0.3, -0.25) is 4.98 Å².